The summed E-state index contributed by atoms with van der Waals surface area (Å²) in [6.07, 6.45) is 5.15. The first-order valence-electron chi connectivity index (χ1n) is 7.68. The molecule has 0 spiro atoms. The van der Waals surface area contributed by atoms with Crippen LogP contribution in [-0.4, -0.2) is 52.7 Å². The molecule has 2 aromatic heterocycles. The summed E-state index contributed by atoms with van der Waals surface area (Å²) in [5, 5.41) is 5.54. The second-order valence-electron chi connectivity index (χ2n) is 5.56. The van der Waals surface area contributed by atoms with Gasteiger partial charge in [-0.05, 0) is 19.3 Å². The number of ether oxygens (including phenoxy) is 2. The Bertz CT molecular complexity index is 665. The fourth-order valence-corrected chi connectivity index (χ4v) is 3.49. The third-order valence-electron chi connectivity index (χ3n) is 4.15. The normalized spacial score (nSPS) is 23.1. The van der Waals surface area contributed by atoms with Crippen molar-refractivity contribution < 1.29 is 9.47 Å². The molecule has 4 rings (SSSR count). The van der Waals surface area contributed by atoms with Gasteiger partial charge in [0.1, 0.15) is 5.82 Å². The summed E-state index contributed by atoms with van der Waals surface area (Å²) in [5.74, 6) is 0.958. The summed E-state index contributed by atoms with van der Waals surface area (Å²) in [6.45, 7) is 3.98. The number of rotatable bonds is 2. The number of hydrogen-bond acceptors (Lipinski definition) is 6. The minimum Gasteiger partial charge on any atom is -0.378 e. The van der Waals surface area contributed by atoms with Crippen molar-refractivity contribution in [2.24, 2.45) is 0 Å². The van der Waals surface area contributed by atoms with E-state index in [1.165, 1.54) is 6.42 Å². The standard InChI is InChI=1S/C14H18IN5O2/c15-14-17-12(19-4-7-21-8-5-19)10-9-16-20(13(10)18-14)11-3-1-2-6-22-11/h9,11H,1-8H2. The van der Waals surface area contributed by atoms with Crippen molar-refractivity contribution in [2.75, 3.05) is 37.8 Å². The molecule has 0 saturated carbocycles. The van der Waals surface area contributed by atoms with Crippen LogP contribution in [0.15, 0.2) is 6.20 Å². The SMILES string of the molecule is Ic1nc(N2CCOCC2)c2cnn(C3CCCCO3)c2n1. The Morgan fingerprint density at radius 3 is 2.77 bits per heavy atom. The third-order valence-corrected chi connectivity index (χ3v) is 4.63. The van der Waals surface area contributed by atoms with E-state index < -0.39 is 0 Å². The molecule has 0 N–H and O–H groups in total. The maximum absolute atomic E-state index is 5.86. The molecule has 0 aromatic carbocycles. The molecule has 22 heavy (non-hydrogen) atoms. The Kier molecular flexibility index (Phi) is 4.14. The topological polar surface area (TPSA) is 65.3 Å². The van der Waals surface area contributed by atoms with Crippen LogP contribution in [0.25, 0.3) is 11.0 Å². The molecule has 1 unspecified atom stereocenters. The highest BCUT2D eigenvalue weighted by Crippen LogP contribution is 2.29. The van der Waals surface area contributed by atoms with Gasteiger partial charge in [0.2, 0.25) is 0 Å². The first-order valence-corrected chi connectivity index (χ1v) is 8.76. The summed E-state index contributed by atoms with van der Waals surface area (Å²) >= 11 is 2.17. The lowest BCUT2D eigenvalue weighted by Crippen LogP contribution is -2.37. The van der Waals surface area contributed by atoms with Gasteiger partial charge in [-0.1, -0.05) is 0 Å². The zero-order valence-electron chi connectivity index (χ0n) is 12.2. The number of hydrogen-bond donors (Lipinski definition) is 0. The molecule has 2 aliphatic heterocycles. The molecular formula is C14H18IN5O2. The van der Waals surface area contributed by atoms with Gasteiger partial charge in [0, 0.05) is 42.3 Å². The van der Waals surface area contributed by atoms with E-state index >= 15 is 0 Å². The number of fused-ring (bicyclic) bond motifs is 1. The zero-order valence-corrected chi connectivity index (χ0v) is 14.4. The molecule has 2 fully saturated rings. The minimum absolute atomic E-state index is 0.00510. The maximum Gasteiger partial charge on any atom is 0.194 e. The van der Waals surface area contributed by atoms with Crippen LogP contribution in [0.1, 0.15) is 25.5 Å². The number of aromatic nitrogens is 4. The number of anilines is 1. The van der Waals surface area contributed by atoms with E-state index in [2.05, 4.69) is 42.6 Å². The molecule has 0 bridgehead atoms. The van der Waals surface area contributed by atoms with Crippen molar-refractivity contribution in [1.82, 2.24) is 19.7 Å². The van der Waals surface area contributed by atoms with Crippen molar-refractivity contribution in [3.63, 3.8) is 0 Å². The Morgan fingerprint density at radius 2 is 2.00 bits per heavy atom. The average molecular weight is 415 g/mol. The van der Waals surface area contributed by atoms with E-state index in [9.17, 15) is 0 Å². The van der Waals surface area contributed by atoms with Crippen molar-refractivity contribution >= 4 is 39.4 Å². The zero-order chi connectivity index (χ0) is 14.9. The summed E-state index contributed by atoms with van der Waals surface area (Å²) < 4.78 is 14.0. The highest BCUT2D eigenvalue weighted by Gasteiger charge is 2.23. The molecule has 8 heteroatoms. The van der Waals surface area contributed by atoms with Crippen molar-refractivity contribution in [3.05, 3.63) is 10.0 Å². The Morgan fingerprint density at radius 1 is 1.14 bits per heavy atom. The largest absolute Gasteiger partial charge is 0.378 e. The first-order chi connectivity index (χ1) is 10.8. The van der Waals surface area contributed by atoms with Crippen LogP contribution in [0.5, 0.6) is 0 Å². The molecule has 0 amide bonds. The van der Waals surface area contributed by atoms with E-state index in [0.717, 1.165) is 66.4 Å². The predicted octanol–water partition coefficient (Wildman–Crippen LogP) is 1.97. The van der Waals surface area contributed by atoms with Gasteiger partial charge in [-0.3, -0.25) is 0 Å². The molecule has 1 atom stereocenters. The summed E-state index contributed by atoms with van der Waals surface area (Å²) in [6, 6.07) is 0. The smallest absolute Gasteiger partial charge is 0.194 e. The molecule has 4 heterocycles. The second-order valence-corrected chi connectivity index (χ2v) is 6.53. The minimum atomic E-state index is -0.00510. The van der Waals surface area contributed by atoms with Crippen LogP contribution in [0.2, 0.25) is 0 Å². The molecule has 7 nitrogen and oxygen atoms in total. The van der Waals surface area contributed by atoms with Gasteiger partial charge in [-0.15, -0.1) is 0 Å². The number of halogens is 1. The molecule has 0 radical (unpaired) electrons. The lowest BCUT2D eigenvalue weighted by atomic mass is 10.2. The summed E-state index contributed by atoms with van der Waals surface area (Å²) in [7, 11) is 0. The van der Waals surface area contributed by atoms with Crippen LogP contribution < -0.4 is 4.90 Å². The number of morpholine rings is 1. The molecule has 2 aromatic rings. The van der Waals surface area contributed by atoms with E-state index in [0.29, 0.717) is 0 Å². The quantitative estimate of drug-likeness (QED) is 0.552. The lowest BCUT2D eigenvalue weighted by Gasteiger charge is -2.28. The van der Waals surface area contributed by atoms with Gasteiger partial charge >= 0.3 is 0 Å². The monoisotopic (exact) mass is 415 g/mol. The van der Waals surface area contributed by atoms with Crippen LogP contribution in [-0.2, 0) is 9.47 Å². The lowest BCUT2D eigenvalue weighted by molar-refractivity contribution is -0.0370. The highest BCUT2D eigenvalue weighted by atomic mass is 127. The van der Waals surface area contributed by atoms with Gasteiger partial charge in [0.25, 0.3) is 0 Å². The van der Waals surface area contributed by atoms with E-state index in [1.807, 2.05) is 10.9 Å². The highest BCUT2D eigenvalue weighted by molar-refractivity contribution is 14.1. The second kappa shape index (κ2) is 6.25. The van der Waals surface area contributed by atoms with Crippen LogP contribution in [0.4, 0.5) is 5.82 Å². The molecule has 2 aliphatic rings. The van der Waals surface area contributed by atoms with Gasteiger partial charge in [0.15, 0.2) is 15.7 Å². The molecule has 0 aliphatic carbocycles. The molecule has 118 valence electrons. The van der Waals surface area contributed by atoms with E-state index in [4.69, 9.17) is 9.47 Å². The number of nitrogens with zero attached hydrogens (tertiary/aromatic N) is 5. The maximum atomic E-state index is 5.86. The van der Waals surface area contributed by atoms with Gasteiger partial charge < -0.3 is 14.4 Å². The third kappa shape index (κ3) is 2.67. The van der Waals surface area contributed by atoms with Gasteiger partial charge in [-0.25, -0.2) is 14.6 Å². The predicted molar refractivity (Wildman–Crippen MR) is 89.9 cm³/mol. The van der Waals surface area contributed by atoms with Crippen molar-refractivity contribution in [1.29, 1.82) is 0 Å². The first kappa shape index (κ1) is 14.6. The summed E-state index contributed by atoms with van der Waals surface area (Å²) in [4.78, 5) is 11.5. The fourth-order valence-electron chi connectivity index (χ4n) is 3.03. The van der Waals surface area contributed by atoms with Gasteiger partial charge in [-0.2, -0.15) is 5.10 Å². The molecule has 2 saturated heterocycles. The van der Waals surface area contributed by atoms with Crippen LogP contribution in [0, 0.1) is 3.83 Å². The Balaban J connectivity index is 1.76. The molecular weight excluding hydrogens is 397 g/mol. The van der Waals surface area contributed by atoms with Crippen molar-refractivity contribution in [3.8, 4) is 0 Å². The Labute approximate surface area is 142 Å². The summed E-state index contributed by atoms with van der Waals surface area (Å²) in [5.41, 5.74) is 0.868. The van der Waals surface area contributed by atoms with Gasteiger partial charge in [0.05, 0.1) is 24.8 Å². The van der Waals surface area contributed by atoms with E-state index in [-0.39, 0.29) is 6.23 Å². The van der Waals surface area contributed by atoms with Crippen LogP contribution >= 0.6 is 22.6 Å². The average Bonchev–Trinajstić information content (AvgIpc) is 2.99. The van der Waals surface area contributed by atoms with Crippen LogP contribution in [0.3, 0.4) is 0 Å². The van der Waals surface area contributed by atoms with E-state index in [1.54, 1.807) is 0 Å². The fraction of sp³-hybridized carbons (Fsp3) is 0.643. The Hall–Kier alpha value is -1.00. The van der Waals surface area contributed by atoms with Crippen molar-refractivity contribution in [2.45, 2.75) is 25.5 Å².